The molecule has 0 radical (unpaired) electrons. The van der Waals surface area contributed by atoms with Crippen LogP contribution in [0.2, 0.25) is 0 Å². The number of fused-ring (bicyclic) bond motifs is 1. The van der Waals surface area contributed by atoms with Crippen molar-refractivity contribution in [2.45, 2.75) is 31.9 Å². The van der Waals surface area contributed by atoms with Gasteiger partial charge in [-0.2, -0.15) is 0 Å². The van der Waals surface area contributed by atoms with Gasteiger partial charge in [-0.05, 0) is 19.8 Å². The molecule has 2 N–H and O–H groups in total. The lowest BCUT2D eigenvalue weighted by atomic mass is 10.1. The number of H-pyrrole nitrogens is 1. The second kappa shape index (κ2) is 4.97. The van der Waals surface area contributed by atoms with E-state index in [1.807, 2.05) is 6.92 Å². The van der Waals surface area contributed by atoms with Crippen molar-refractivity contribution >= 4 is 17.1 Å². The van der Waals surface area contributed by atoms with Crippen LogP contribution in [0.25, 0.3) is 11.2 Å². The van der Waals surface area contributed by atoms with E-state index in [1.54, 1.807) is 18.6 Å². The molecule has 100 valence electrons. The Labute approximate surface area is 110 Å². The summed E-state index contributed by atoms with van der Waals surface area (Å²) in [5.41, 5.74) is 1.74. The topological polar surface area (TPSA) is 79.9 Å². The number of carbonyl (C=O) groups excluding carboxylic acids is 1. The molecular formula is C13H16N4O2. The Balaban J connectivity index is 1.76. The minimum absolute atomic E-state index is 0.00313. The summed E-state index contributed by atoms with van der Waals surface area (Å²) in [6.07, 6.45) is 6.98. The van der Waals surface area contributed by atoms with Crippen molar-refractivity contribution in [3.05, 3.63) is 24.2 Å². The van der Waals surface area contributed by atoms with Crippen LogP contribution in [0.15, 0.2) is 18.6 Å². The molecule has 19 heavy (non-hydrogen) atoms. The summed E-state index contributed by atoms with van der Waals surface area (Å²) >= 11 is 0. The van der Waals surface area contributed by atoms with Crippen LogP contribution in [0.5, 0.6) is 0 Å². The minimum Gasteiger partial charge on any atom is -0.376 e. The summed E-state index contributed by atoms with van der Waals surface area (Å²) in [6, 6.07) is -0.00313. The number of aromatic nitrogens is 3. The first-order valence-electron chi connectivity index (χ1n) is 6.46. The maximum Gasteiger partial charge on any atom is 0.255 e. The van der Waals surface area contributed by atoms with Gasteiger partial charge < -0.3 is 15.0 Å². The molecule has 3 heterocycles. The Bertz CT molecular complexity index is 589. The molecule has 1 fully saturated rings. The Morgan fingerprint density at radius 3 is 3.16 bits per heavy atom. The Hall–Kier alpha value is -1.95. The van der Waals surface area contributed by atoms with Gasteiger partial charge in [0.05, 0.1) is 17.7 Å². The number of hydrogen-bond donors (Lipinski definition) is 2. The Morgan fingerprint density at radius 2 is 2.37 bits per heavy atom. The molecule has 2 aromatic heterocycles. The van der Waals surface area contributed by atoms with E-state index in [9.17, 15) is 4.79 Å². The smallest absolute Gasteiger partial charge is 0.255 e. The maximum atomic E-state index is 12.2. The van der Waals surface area contributed by atoms with Crippen molar-refractivity contribution in [1.29, 1.82) is 0 Å². The van der Waals surface area contributed by atoms with Crippen molar-refractivity contribution in [3.63, 3.8) is 0 Å². The first-order chi connectivity index (χ1) is 9.25. The number of carbonyl (C=O) groups is 1. The second-order valence-corrected chi connectivity index (χ2v) is 4.77. The molecule has 2 atom stereocenters. The first-order valence-corrected chi connectivity index (χ1v) is 6.46. The molecular weight excluding hydrogens is 244 g/mol. The van der Waals surface area contributed by atoms with Gasteiger partial charge in [0.1, 0.15) is 5.52 Å². The zero-order chi connectivity index (χ0) is 13.2. The summed E-state index contributed by atoms with van der Waals surface area (Å²) in [6.45, 7) is 2.75. The van der Waals surface area contributed by atoms with Gasteiger partial charge in [0.2, 0.25) is 0 Å². The van der Waals surface area contributed by atoms with E-state index in [2.05, 4.69) is 20.3 Å². The van der Waals surface area contributed by atoms with E-state index < -0.39 is 0 Å². The quantitative estimate of drug-likeness (QED) is 0.870. The highest BCUT2D eigenvalue weighted by molar-refractivity contribution is 6.04. The zero-order valence-electron chi connectivity index (χ0n) is 10.7. The summed E-state index contributed by atoms with van der Waals surface area (Å²) in [5, 5.41) is 2.96. The predicted octanol–water partition coefficient (Wildman–Crippen LogP) is 1.26. The number of amides is 1. The highest BCUT2D eigenvalue weighted by Crippen LogP contribution is 2.17. The van der Waals surface area contributed by atoms with Crippen molar-refractivity contribution in [3.8, 4) is 0 Å². The molecule has 2 aromatic rings. The number of nitrogens with zero attached hydrogens (tertiary/aromatic N) is 2. The fourth-order valence-electron chi connectivity index (χ4n) is 2.40. The van der Waals surface area contributed by atoms with Gasteiger partial charge in [0.25, 0.3) is 5.91 Å². The Kier molecular flexibility index (Phi) is 3.16. The number of nitrogens with one attached hydrogen (secondary N) is 2. The zero-order valence-corrected chi connectivity index (χ0v) is 10.7. The standard InChI is InChI=1S/C13H16N4O2/c1-8(10-3-2-6-19-10)17-13(18)9-7-16-12-11(9)14-4-5-15-12/h4-5,7-8,10H,2-3,6H2,1H3,(H,15,16)(H,17,18)/t8-,10+/m1/s1. The van der Waals surface area contributed by atoms with Crippen LogP contribution in [0, 0.1) is 0 Å². The van der Waals surface area contributed by atoms with E-state index in [0.717, 1.165) is 19.4 Å². The molecule has 0 bridgehead atoms. The van der Waals surface area contributed by atoms with Crippen molar-refractivity contribution in [2.24, 2.45) is 0 Å². The third-order valence-corrected chi connectivity index (χ3v) is 3.43. The van der Waals surface area contributed by atoms with Gasteiger partial charge >= 0.3 is 0 Å². The largest absolute Gasteiger partial charge is 0.376 e. The van der Waals surface area contributed by atoms with Gasteiger partial charge in [0.15, 0.2) is 5.65 Å². The molecule has 0 aromatic carbocycles. The lowest BCUT2D eigenvalue weighted by Gasteiger charge is -2.19. The summed E-state index contributed by atoms with van der Waals surface area (Å²) in [5.74, 6) is -0.144. The van der Waals surface area contributed by atoms with Crippen molar-refractivity contribution in [2.75, 3.05) is 6.61 Å². The molecule has 0 spiro atoms. The van der Waals surface area contributed by atoms with Crippen molar-refractivity contribution < 1.29 is 9.53 Å². The van der Waals surface area contributed by atoms with Gasteiger partial charge in [-0.1, -0.05) is 0 Å². The van der Waals surface area contributed by atoms with Gasteiger partial charge in [0, 0.05) is 25.2 Å². The number of rotatable bonds is 3. The van der Waals surface area contributed by atoms with Crippen LogP contribution in [-0.4, -0.2) is 39.6 Å². The third kappa shape index (κ3) is 2.31. The molecule has 1 saturated heterocycles. The average Bonchev–Trinajstić information content (AvgIpc) is 3.08. The molecule has 1 amide bonds. The first kappa shape index (κ1) is 12.1. The second-order valence-electron chi connectivity index (χ2n) is 4.77. The molecule has 1 aliphatic rings. The molecule has 6 heteroatoms. The molecule has 0 aliphatic carbocycles. The maximum absolute atomic E-state index is 12.2. The minimum atomic E-state index is -0.144. The van der Waals surface area contributed by atoms with Crippen molar-refractivity contribution in [1.82, 2.24) is 20.3 Å². The average molecular weight is 260 g/mol. The third-order valence-electron chi connectivity index (χ3n) is 3.43. The summed E-state index contributed by atoms with van der Waals surface area (Å²) < 4.78 is 5.57. The van der Waals surface area contributed by atoms with E-state index in [-0.39, 0.29) is 18.1 Å². The number of aromatic amines is 1. The molecule has 3 rings (SSSR count). The highest BCUT2D eigenvalue weighted by Gasteiger charge is 2.25. The normalized spacial score (nSPS) is 20.6. The molecule has 0 saturated carbocycles. The number of hydrogen-bond acceptors (Lipinski definition) is 4. The SMILES string of the molecule is C[C@@H](NC(=O)c1c[nH]c2nccnc12)[C@@H]1CCCO1. The molecule has 1 aliphatic heterocycles. The Morgan fingerprint density at radius 1 is 1.53 bits per heavy atom. The van der Waals surface area contributed by atoms with E-state index in [4.69, 9.17) is 4.74 Å². The van der Waals surface area contributed by atoms with Crippen LogP contribution >= 0.6 is 0 Å². The van der Waals surface area contributed by atoms with Gasteiger partial charge in [-0.3, -0.25) is 9.78 Å². The van der Waals surface area contributed by atoms with Gasteiger partial charge in [-0.25, -0.2) is 4.98 Å². The van der Waals surface area contributed by atoms with Crippen LogP contribution in [0.4, 0.5) is 0 Å². The molecule has 6 nitrogen and oxygen atoms in total. The van der Waals surface area contributed by atoms with Crippen LogP contribution in [0.3, 0.4) is 0 Å². The summed E-state index contributed by atoms with van der Waals surface area (Å²) in [4.78, 5) is 23.5. The van der Waals surface area contributed by atoms with Crippen LogP contribution < -0.4 is 5.32 Å². The van der Waals surface area contributed by atoms with E-state index in [0.29, 0.717) is 16.7 Å². The number of ether oxygens (including phenoxy) is 1. The van der Waals surface area contributed by atoms with Crippen LogP contribution in [0.1, 0.15) is 30.1 Å². The van der Waals surface area contributed by atoms with Gasteiger partial charge in [-0.15, -0.1) is 0 Å². The van der Waals surface area contributed by atoms with E-state index in [1.165, 1.54) is 0 Å². The van der Waals surface area contributed by atoms with Crippen LogP contribution in [-0.2, 0) is 4.74 Å². The molecule has 0 unspecified atom stereocenters. The predicted molar refractivity (Wildman–Crippen MR) is 69.8 cm³/mol. The van der Waals surface area contributed by atoms with E-state index >= 15 is 0 Å². The fourth-order valence-corrected chi connectivity index (χ4v) is 2.40. The highest BCUT2D eigenvalue weighted by atomic mass is 16.5. The fraction of sp³-hybridized carbons (Fsp3) is 0.462. The lowest BCUT2D eigenvalue weighted by Crippen LogP contribution is -2.40. The summed E-state index contributed by atoms with van der Waals surface area (Å²) in [7, 11) is 0. The lowest BCUT2D eigenvalue weighted by molar-refractivity contribution is 0.0713. The monoisotopic (exact) mass is 260 g/mol.